The van der Waals surface area contributed by atoms with Gasteiger partial charge < -0.3 is 19.9 Å². The predicted octanol–water partition coefficient (Wildman–Crippen LogP) is 3.70. The molecular weight excluding hydrogens is 358 g/mol. The summed E-state index contributed by atoms with van der Waals surface area (Å²) in [6.45, 7) is -0.311. The number of benzene rings is 3. The zero-order chi connectivity index (χ0) is 19.8. The number of amides is 1. The standard InChI is InChI=1S/C22H19NO5/c23-22(25)18-11-5-7-13-20(18)26-15-21(24)27-14-16-8-4-6-12-19(16)28-17-9-2-1-3-10-17/h1-13H,14-15H2,(H2,23,25). The predicted molar refractivity (Wildman–Crippen MR) is 103 cm³/mol. The number of rotatable bonds is 8. The molecule has 6 heteroatoms. The van der Waals surface area contributed by atoms with E-state index in [9.17, 15) is 9.59 Å². The van der Waals surface area contributed by atoms with Crippen LogP contribution in [0.25, 0.3) is 0 Å². The average Bonchev–Trinajstić information content (AvgIpc) is 2.72. The third-order valence-electron chi connectivity index (χ3n) is 3.83. The Morgan fingerprint density at radius 1 is 0.786 bits per heavy atom. The van der Waals surface area contributed by atoms with Crippen LogP contribution in [0.1, 0.15) is 15.9 Å². The van der Waals surface area contributed by atoms with Crippen LogP contribution in [-0.2, 0) is 16.1 Å². The van der Waals surface area contributed by atoms with Gasteiger partial charge in [0.1, 0.15) is 23.9 Å². The molecule has 1 amide bonds. The first-order valence-corrected chi connectivity index (χ1v) is 8.61. The maximum absolute atomic E-state index is 12.0. The van der Waals surface area contributed by atoms with Crippen LogP contribution in [0.15, 0.2) is 78.9 Å². The zero-order valence-corrected chi connectivity index (χ0v) is 15.0. The van der Waals surface area contributed by atoms with E-state index in [1.54, 1.807) is 24.3 Å². The first-order chi connectivity index (χ1) is 13.6. The molecule has 2 N–H and O–H groups in total. The van der Waals surface area contributed by atoms with Crippen molar-refractivity contribution >= 4 is 11.9 Å². The summed E-state index contributed by atoms with van der Waals surface area (Å²) in [5.41, 5.74) is 6.21. The van der Waals surface area contributed by atoms with E-state index in [1.165, 1.54) is 6.07 Å². The lowest BCUT2D eigenvalue weighted by molar-refractivity contribution is -0.147. The van der Waals surface area contributed by atoms with Gasteiger partial charge in [-0.25, -0.2) is 4.79 Å². The smallest absolute Gasteiger partial charge is 0.344 e. The van der Waals surface area contributed by atoms with Gasteiger partial charge in [0, 0.05) is 5.56 Å². The van der Waals surface area contributed by atoms with Gasteiger partial charge in [0.05, 0.1) is 5.56 Å². The second kappa shape index (κ2) is 9.23. The fourth-order valence-corrected chi connectivity index (χ4v) is 2.47. The van der Waals surface area contributed by atoms with Crippen molar-refractivity contribution in [1.29, 1.82) is 0 Å². The summed E-state index contributed by atoms with van der Waals surface area (Å²) >= 11 is 0. The lowest BCUT2D eigenvalue weighted by Crippen LogP contribution is -2.18. The van der Waals surface area contributed by atoms with Crippen molar-refractivity contribution in [2.24, 2.45) is 5.73 Å². The highest BCUT2D eigenvalue weighted by Crippen LogP contribution is 2.25. The third-order valence-corrected chi connectivity index (χ3v) is 3.83. The van der Waals surface area contributed by atoms with Crippen LogP contribution in [0.3, 0.4) is 0 Å². The number of hydrogen-bond donors (Lipinski definition) is 1. The molecule has 0 unspecified atom stereocenters. The molecule has 0 aliphatic heterocycles. The molecule has 0 heterocycles. The molecule has 0 radical (unpaired) electrons. The summed E-state index contributed by atoms with van der Waals surface area (Å²) in [7, 11) is 0. The van der Waals surface area contributed by atoms with E-state index in [1.807, 2.05) is 48.5 Å². The second-order valence-electron chi connectivity index (χ2n) is 5.83. The molecule has 0 aromatic heterocycles. The first-order valence-electron chi connectivity index (χ1n) is 8.61. The highest BCUT2D eigenvalue weighted by atomic mass is 16.6. The minimum atomic E-state index is -0.629. The highest BCUT2D eigenvalue weighted by Gasteiger charge is 2.12. The zero-order valence-electron chi connectivity index (χ0n) is 15.0. The Bertz CT molecular complexity index is 956. The summed E-state index contributed by atoms with van der Waals surface area (Å²) in [5.74, 6) is 0.318. The van der Waals surface area contributed by atoms with E-state index in [4.69, 9.17) is 19.9 Å². The molecule has 0 bridgehead atoms. The third kappa shape index (κ3) is 5.11. The van der Waals surface area contributed by atoms with Crippen molar-refractivity contribution in [3.8, 4) is 17.2 Å². The average molecular weight is 377 g/mol. The summed E-state index contributed by atoms with van der Waals surface area (Å²) in [4.78, 5) is 23.4. The molecule has 0 aliphatic rings. The molecule has 0 spiro atoms. The van der Waals surface area contributed by atoms with E-state index in [2.05, 4.69) is 0 Å². The Kier molecular flexibility index (Phi) is 6.25. The summed E-state index contributed by atoms with van der Waals surface area (Å²) < 4.78 is 16.5. The molecule has 3 aromatic carbocycles. The molecule has 3 rings (SSSR count). The van der Waals surface area contributed by atoms with E-state index in [0.29, 0.717) is 11.5 Å². The van der Waals surface area contributed by atoms with Crippen molar-refractivity contribution < 1.29 is 23.8 Å². The Morgan fingerprint density at radius 2 is 1.43 bits per heavy atom. The van der Waals surface area contributed by atoms with Crippen LogP contribution in [0, 0.1) is 0 Å². The molecule has 0 saturated carbocycles. The van der Waals surface area contributed by atoms with E-state index < -0.39 is 11.9 Å². The van der Waals surface area contributed by atoms with Crippen LogP contribution in [-0.4, -0.2) is 18.5 Å². The van der Waals surface area contributed by atoms with Crippen LogP contribution in [0.5, 0.6) is 17.2 Å². The number of nitrogens with two attached hydrogens (primary N) is 1. The van der Waals surface area contributed by atoms with Crippen molar-refractivity contribution in [1.82, 2.24) is 0 Å². The Morgan fingerprint density at radius 3 is 2.18 bits per heavy atom. The molecule has 0 aliphatic carbocycles. The van der Waals surface area contributed by atoms with Gasteiger partial charge >= 0.3 is 5.97 Å². The number of primary amides is 1. The molecule has 6 nitrogen and oxygen atoms in total. The summed E-state index contributed by atoms with van der Waals surface area (Å²) in [5, 5.41) is 0. The quantitative estimate of drug-likeness (QED) is 0.605. The number of carbonyl (C=O) groups excluding carboxylic acids is 2. The van der Waals surface area contributed by atoms with Crippen LogP contribution < -0.4 is 15.2 Å². The van der Waals surface area contributed by atoms with Gasteiger partial charge in [-0.05, 0) is 30.3 Å². The molecule has 28 heavy (non-hydrogen) atoms. The fourth-order valence-electron chi connectivity index (χ4n) is 2.47. The van der Waals surface area contributed by atoms with E-state index in [0.717, 1.165) is 5.56 Å². The maximum atomic E-state index is 12.0. The normalized spacial score (nSPS) is 10.1. The highest BCUT2D eigenvalue weighted by molar-refractivity contribution is 5.95. The SMILES string of the molecule is NC(=O)c1ccccc1OCC(=O)OCc1ccccc1Oc1ccccc1. The molecule has 0 saturated heterocycles. The second-order valence-corrected chi connectivity index (χ2v) is 5.83. The number of para-hydroxylation sites is 3. The molecular formula is C22H19NO5. The monoisotopic (exact) mass is 377 g/mol. The summed E-state index contributed by atoms with van der Waals surface area (Å²) in [6, 6.07) is 23.1. The van der Waals surface area contributed by atoms with Gasteiger partial charge in [-0.15, -0.1) is 0 Å². The number of carbonyl (C=O) groups is 2. The minimum absolute atomic E-state index is 0.0304. The maximum Gasteiger partial charge on any atom is 0.344 e. The molecule has 0 atom stereocenters. The number of ether oxygens (including phenoxy) is 3. The van der Waals surface area contributed by atoms with Gasteiger partial charge in [0.15, 0.2) is 6.61 Å². The molecule has 142 valence electrons. The van der Waals surface area contributed by atoms with Crippen LogP contribution in [0.2, 0.25) is 0 Å². The van der Waals surface area contributed by atoms with Crippen LogP contribution >= 0.6 is 0 Å². The largest absolute Gasteiger partial charge is 0.481 e. The van der Waals surface area contributed by atoms with Crippen molar-refractivity contribution in [3.05, 3.63) is 90.0 Å². The van der Waals surface area contributed by atoms with Crippen molar-refractivity contribution in [2.75, 3.05) is 6.61 Å². The topological polar surface area (TPSA) is 87.9 Å². The van der Waals surface area contributed by atoms with Gasteiger partial charge in [-0.1, -0.05) is 48.5 Å². The van der Waals surface area contributed by atoms with E-state index in [-0.39, 0.29) is 24.5 Å². The summed E-state index contributed by atoms with van der Waals surface area (Å²) in [6.07, 6.45) is 0. The van der Waals surface area contributed by atoms with Gasteiger partial charge in [0.2, 0.25) is 0 Å². The van der Waals surface area contributed by atoms with E-state index >= 15 is 0 Å². The van der Waals surface area contributed by atoms with Gasteiger partial charge in [-0.3, -0.25) is 4.79 Å². The van der Waals surface area contributed by atoms with Crippen molar-refractivity contribution in [2.45, 2.75) is 6.61 Å². The Balaban J connectivity index is 1.57. The fraction of sp³-hybridized carbons (Fsp3) is 0.0909. The van der Waals surface area contributed by atoms with Gasteiger partial charge in [0.25, 0.3) is 5.91 Å². The minimum Gasteiger partial charge on any atom is -0.481 e. The number of esters is 1. The van der Waals surface area contributed by atoms with Crippen molar-refractivity contribution in [3.63, 3.8) is 0 Å². The van der Waals surface area contributed by atoms with Crippen LogP contribution in [0.4, 0.5) is 0 Å². The molecule has 3 aromatic rings. The lowest BCUT2D eigenvalue weighted by Gasteiger charge is -2.12. The number of hydrogen-bond acceptors (Lipinski definition) is 5. The Hall–Kier alpha value is -3.80. The lowest BCUT2D eigenvalue weighted by atomic mass is 10.2. The van der Waals surface area contributed by atoms with Gasteiger partial charge in [-0.2, -0.15) is 0 Å². The Labute approximate surface area is 162 Å². The molecule has 0 fully saturated rings. The first kappa shape index (κ1) is 19.0.